The van der Waals surface area contributed by atoms with Crippen LogP contribution in [0.15, 0.2) is 36.4 Å². The average molecular weight is 373 g/mol. The zero-order chi connectivity index (χ0) is 18.6. The van der Waals surface area contributed by atoms with E-state index in [1.807, 2.05) is 0 Å². The van der Waals surface area contributed by atoms with Gasteiger partial charge in [0.15, 0.2) is 0 Å². The van der Waals surface area contributed by atoms with E-state index in [4.69, 9.17) is 21.7 Å². The van der Waals surface area contributed by atoms with Crippen molar-refractivity contribution in [2.45, 2.75) is 19.7 Å². The van der Waals surface area contributed by atoms with Gasteiger partial charge in [-0.25, -0.2) is 4.39 Å². The molecule has 25 heavy (non-hydrogen) atoms. The van der Waals surface area contributed by atoms with Crippen molar-refractivity contribution in [3.05, 3.63) is 58.9 Å². The highest BCUT2D eigenvalue weighted by atomic mass is 32.1. The molecular formula is C17H15F4NO2S. The number of alkyl halides is 3. The number of halogens is 4. The number of thiocarbonyl (C=S) groups is 1. The largest absolute Gasteiger partial charge is 0.488 e. The summed E-state index contributed by atoms with van der Waals surface area (Å²) in [4.78, 5) is 0. The Hall–Kier alpha value is -2.35. The molecule has 0 heterocycles. The van der Waals surface area contributed by atoms with E-state index in [0.29, 0.717) is 5.56 Å². The van der Waals surface area contributed by atoms with Gasteiger partial charge in [0.25, 0.3) is 5.17 Å². The van der Waals surface area contributed by atoms with E-state index < -0.39 is 24.2 Å². The van der Waals surface area contributed by atoms with Crippen LogP contribution in [0.4, 0.5) is 23.2 Å². The molecule has 0 aromatic heterocycles. The molecule has 8 heteroatoms. The average Bonchev–Trinajstić information content (AvgIpc) is 2.54. The fourth-order valence-electron chi connectivity index (χ4n) is 2.12. The SMILES string of the molecule is COC(=S)Nc1cccc(F)c1COc1ccc(C)cc1C(F)(F)F. The maximum atomic E-state index is 14.1. The van der Waals surface area contributed by atoms with E-state index in [-0.39, 0.29) is 22.2 Å². The molecule has 0 saturated heterocycles. The van der Waals surface area contributed by atoms with Crippen molar-refractivity contribution in [2.24, 2.45) is 0 Å². The zero-order valence-electron chi connectivity index (χ0n) is 13.4. The lowest BCUT2D eigenvalue weighted by atomic mass is 10.1. The maximum Gasteiger partial charge on any atom is 0.419 e. The molecule has 0 fully saturated rings. The Morgan fingerprint density at radius 2 is 1.92 bits per heavy atom. The lowest BCUT2D eigenvalue weighted by Gasteiger charge is -2.17. The Bertz CT molecular complexity index is 778. The van der Waals surface area contributed by atoms with Crippen molar-refractivity contribution in [3.63, 3.8) is 0 Å². The summed E-state index contributed by atoms with van der Waals surface area (Å²) in [5, 5.41) is 2.66. The van der Waals surface area contributed by atoms with Gasteiger partial charge in [-0.2, -0.15) is 13.2 Å². The van der Waals surface area contributed by atoms with Gasteiger partial charge in [0, 0.05) is 5.56 Å². The first-order valence-electron chi connectivity index (χ1n) is 7.15. The van der Waals surface area contributed by atoms with Crippen LogP contribution in [0, 0.1) is 12.7 Å². The van der Waals surface area contributed by atoms with Gasteiger partial charge >= 0.3 is 6.18 Å². The number of rotatable bonds is 4. The molecule has 0 aliphatic rings. The summed E-state index contributed by atoms with van der Waals surface area (Å²) in [6, 6.07) is 7.83. The van der Waals surface area contributed by atoms with Crippen molar-refractivity contribution in [2.75, 3.05) is 12.4 Å². The molecule has 0 amide bonds. The van der Waals surface area contributed by atoms with Gasteiger partial charge in [0.2, 0.25) is 0 Å². The van der Waals surface area contributed by atoms with Crippen molar-refractivity contribution < 1.29 is 27.0 Å². The summed E-state index contributed by atoms with van der Waals surface area (Å²) in [5.41, 5.74) is -0.174. The molecular weight excluding hydrogens is 358 g/mol. The van der Waals surface area contributed by atoms with Crippen LogP contribution < -0.4 is 10.1 Å². The summed E-state index contributed by atoms with van der Waals surface area (Å²) in [6.07, 6.45) is -4.57. The van der Waals surface area contributed by atoms with Gasteiger partial charge in [0.1, 0.15) is 18.2 Å². The first kappa shape index (κ1) is 19.0. The number of anilines is 1. The molecule has 0 aliphatic heterocycles. The quantitative estimate of drug-likeness (QED) is 0.598. The van der Waals surface area contributed by atoms with Crippen LogP contribution in [-0.4, -0.2) is 12.3 Å². The lowest BCUT2D eigenvalue weighted by Crippen LogP contribution is -2.14. The van der Waals surface area contributed by atoms with Crippen LogP contribution in [0.3, 0.4) is 0 Å². The minimum atomic E-state index is -4.57. The molecule has 0 atom stereocenters. The van der Waals surface area contributed by atoms with E-state index in [0.717, 1.165) is 6.07 Å². The second kappa shape index (κ2) is 7.69. The molecule has 2 aromatic carbocycles. The second-order valence-electron chi connectivity index (χ2n) is 5.17. The summed E-state index contributed by atoms with van der Waals surface area (Å²) in [6.45, 7) is 1.14. The van der Waals surface area contributed by atoms with Gasteiger partial charge in [0.05, 0.1) is 18.4 Å². The third kappa shape index (κ3) is 4.82. The van der Waals surface area contributed by atoms with Crippen LogP contribution in [-0.2, 0) is 17.5 Å². The van der Waals surface area contributed by atoms with Crippen molar-refractivity contribution >= 4 is 23.1 Å². The van der Waals surface area contributed by atoms with Crippen LogP contribution in [0.5, 0.6) is 5.75 Å². The first-order valence-corrected chi connectivity index (χ1v) is 7.56. The summed E-state index contributed by atoms with van der Waals surface area (Å²) in [7, 11) is 1.34. The standard InChI is InChI=1S/C17H15F4NO2S/c1-10-6-7-15(12(8-10)17(19,20)21)24-9-11-13(18)4-3-5-14(11)22-16(25)23-2/h3-8H,9H2,1-2H3,(H,22,25). The Labute approximate surface area is 147 Å². The van der Waals surface area contributed by atoms with E-state index >= 15 is 0 Å². The number of aryl methyl sites for hydroxylation is 1. The number of nitrogens with one attached hydrogen (secondary N) is 1. The van der Waals surface area contributed by atoms with E-state index in [2.05, 4.69) is 5.32 Å². The van der Waals surface area contributed by atoms with Crippen molar-refractivity contribution in [3.8, 4) is 5.75 Å². The van der Waals surface area contributed by atoms with Crippen LogP contribution in [0.2, 0.25) is 0 Å². The summed E-state index contributed by atoms with van der Waals surface area (Å²) >= 11 is 4.86. The van der Waals surface area contributed by atoms with Gasteiger partial charge in [-0.1, -0.05) is 17.7 Å². The Balaban J connectivity index is 2.29. The molecule has 2 aromatic rings. The molecule has 2 rings (SSSR count). The highest BCUT2D eigenvalue weighted by molar-refractivity contribution is 7.80. The maximum absolute atomic E-state index is 14.1. The minimum Gasteiger partial charge on any atom is -0.488 e. The Morgan fingerprint density at radius 1 is 1.20 bits per heavy atom. The minimum absolute atomic E-state index is 0.00170. The molecule has 0 spiro atoms. The predicted octanol–water partition coefficient (Wildman–Crippen LogP) is 5.08. The van der Waals surface area contributed by atoms with E-state index in [1.54, 1.807) is 6.92 Å². The third-order valence-electron chi connectivity index (χ3n) is 3.35. The molecule has 134 valence electrons. The molecule has 1 N–H and O–H groups in total. The predicted molar refractivity (Wildman–Crippen MR) is 90.1 cm³/mol. The van der Waals surface area contributed by atoms with Crippen LogP contribution in [0.25, 0.3) is 0 Å². The molecule has 0 aliphatic carbocycles. The fourth-order valence-corrected chi connectivity index (χ4v) is 2.23. The molecule has 0 unspecified atom stereocenters. The highest BCUT2D eigenvalue weighted by Gasteiger charge is 2.34. The zero-order valence-corrected chi connectivity index (χ0v) is 14.2. The fraction of sp³-hybridized carbons (Fsp3) is 0.235. The third-order valence-corrected chi connectivity index (χ3v) is 3.62. The first-order chi connectivity index (χ1) is 11.7. The van der Waals surface area contributed by atoms with Crippen molar-refractivity contribution in [1.82, 2.24) is 0 Å². The lowest BCUT2D eigenvalue weighted by molar-refractivity contribution is -0.139. The number of methoxy groups -OCH3 is 1. The van der Waals surface area contributed by atoms with E-state index in [9.17, 15) is 17.6 Å². The Kier molecular flexibility index (Phi) is 5.84. The molecule has 0 bridgehead atoms. The van der Waals surface area contributed by atoms with Crippen LogP contribution in [0.1, 0.15) is 16.7 Å². The Morgan fingerprint density at radius 3 is 2.56 bits per heavy atom. The summed E-state index contributed by atoms with van der Waals surface area (Å²) < 4.78 is 63.5. The van der Waals surface area contributed by atoms with Crippen molar-refractivity contribution in [1.29, 1.82) is 0 Å². The number of hydrogen-bond acceptors (Lipinski definition) is 3. The molecule has 3 nitrogen and oxygen atoms in total. The van der Waals surface area contributed by atoms with Gasteiger partial charge < -0.3 is 14.8 Å². The molecule has 0 saturated carbocycles. The van der Waals surface area contributed by atoms with Gasteiger partial charge in [-0.3, -0.25) is 0 Å². The number of hydrogen-bond donors (Lipinski definition) is 1. The summed E-state index contributed by atoms with van der Waals surface area (Å²) in [5.74, 6) is -1.01. The number of ether oxygens (including phenoxy) is 2. The van der Waals surface area contributed by atoms with Crippen LogP contribution >= 0.6 is 12.2 Å². The molecule has 0 radical (unpaired) electrons. The normalized spacial score (nSPS) is 11.1. The van der Waals surface area contributed by atoms with Gasteiger partial charge in [-0.05, 0) is 43.4 Å². The number of benzene rings is 2. The smallest absolute Gasteiger partial charge is 0.419 e. The van der Waals surface area contributed by atoms with Gasteiger partial charge in [-0.15, -0.1) is 0 Å². The highest BCUT2D eigenvalue weighted by Crippen LogP contribution is 2.37. The van der Waals surface area contributed by atoms with E-state index in [1.165, 1.54) is 37.4 Å². The topological polar surface area (TPSA) is 30.5 Å². The monoisotopic (exact) mass is 373 g/mol. The second-order valence-corrected chi connectivity index (χ2v) is 5.54.